The minimum atomic E-state index is -0.395. The van der Waals surface area contributed by atoms with Crippen molar-refractivity contribution in [1.29, 1.82) is 0 Å². The summed E-state index contributed by atoms with van der Waals surface area (Å²) in [7, 11) is 1.58. The number of fused-ring (bicyclic) bond motifs is 1. The van der Waals surface area contributed by atoms with E-state index in [4.69, 9.17) is 9.47 Å². The summed E-state index contributed by atoms with van der Waals surface area (Å²) in [6.07, 6.45) is 5.16. The van der Waals surface area contributed by atoms with E-state index in [1.807, 2.05) is 41.8 Å². The predicted octanol–water partition coefficient (Wildman–Crippen LogP) is 3.10. The first-order chi connectivity index (χ1) is 14.0. The van der Waals surface area contributed by atoms with Crippen LogP contribution in [0.4, 0.5) is 0 Å². The molecule has 0 aromatic heterocycles. The Hall–Kier alpha value is -2.08. The van der Waals surface area contributed by atoms with Gasteiger partial charge in [-0.25, -0.2) is 0 Å². The number of carbonyl (C=O) groups is 2. The van der Waals surface area contributed by atoms with Crippen LogP contribution in [0.1, 0.15) is 56.3 Å². The summed E-state index contributed by atoms with van der Waals surface area (Å²) in [5.41, 5.74) is 0.544. The molecule has 1 aliphatic carbocycles. The van der Waals surface area contributed by atoms with E-state index in [0.29, 0.717) is 30.4 Å². The van der Waals surface area contributed by atoms with E-state index < -0.39 is 6.04 Å². The molecule has 5 unspecified atom stereocenters. The molecule has 2 saturated heterocycles. The van der Waals surface area contributed by atoms with Crippen LogP contribution in [0, 0.1) is 5.92 Å². The second-order valence-corrected chi connectivity index (χ2v) is 8.76. The van der Waals surface area contributed by atoms with Crippen molar-refractivity contribution in [3.05, 3.63) is 29.8 Å². The number of hydrogen-bond acceptors (Lipinski definition) is 4. The highest BCUT2D eigenvalue weighted by Gasteiger charge is 2.49. The van der Waals surface area contributed by atoms with Gasteiger partial charge in [-0.2, -0.15) is 0 Å². The maximum atomic E-state index is 13.7. The number of hydrogen-bond donors (Lipinski definition) is 0. The number of carbonyl (C=O) groups excluding carboxylic acids is 2. The topological polar surface area (TPSA) is 59.1 Å². The summed E-state index contributed by atoms with van der Waals surface area (Å²) >= 11 is 0. The average molecular weight is 401 g/mol. The van der Waals surface area contributed by atoms with Gasteiger partial charge in [-0.15, -0.1) is 0 Å². The van der Waals surface area contributed by atoms with E-state index in [1.165, 1.54) is 6.42 Å². The van der Waals surface area contributed by atoms with E-state index >= 15 is 0 Å². The largest absolute Gasteiger partial charge is 0.496 e. The van der Waals surface area contributed by atoms with Crippen molar-refractivity contribution in [2.75, 3.05) is 20.3 Å². The fourth-order valence-electron chi connectivity index (χ4n) is 5.33. The first-order valence-electron chi connectivity index (χ1n) is 10.9. The number of methoxy groups -OCH3 is 1. The summed E-state index contributed by atoms with van der Waals surface area (Å²) in [4.78, 5) is 31.2. The summed E-state index contributed by atoms with van der Waals surface area (Å²) in [6, 6.07) is 7.11. The van der Waals surface area contributed by atoms with Crippen molar-refractivity contribution < 1.29 is 19.1 Å². The number of amides is 2. The average Bonchev–Trinajstić information content (AvgIpc) is 3.14. The van der Waals surface area contributed by atoms with E-state index in [1.54, 1.807) is 13.2 Å². The fraction of sp³-hybridized carbons (Fsp3) is 0.652. The third-order valence-electron chi connectivity index (χ3n) is 6.84. The molecule has 2 amide bonds. The Labute approximate surface area is 173 Å². The van der Waals surface area contributed by atoms with Gasteiger partial charge in [0.25, 0.3) is 5.91 Å². The summed E-state index contributed by atoms with van der Waals surface area (Å²) in [6.45, 7) is 5.16. The molecule has 3 aliphatic rings. The highest BCUT2D eigenvalue weighted by Crippen LogP contribution is 2.42. The van der Waals surface area contributed by atoms with Gasteiger partial charge in [0, 0.05) is 12.6 Å². The second-order valence-electron chi connectivity index (χ2n) is 8.76. The molecule has 2 heterocycles. The molecule has 158 valence electrons. The molecule has 0 spiro atoms. The predicted molar refractivity (Wildman–Crippen MR) is 110 cm³/mol. The van der Waals surface area contributed by atoms with Gasteiger partial charge in [0.2, 0.25) is 5.91 Å². The first-order valence-corrected chi connectivity index (χ1v) is 10.9. The molecule has 6 nitrogen and oxygen atoms in total. The minimum absolute atomic E-state index is 0.0252. The van der Waals surface area contributed by atoms with Gasteiger partial charge in [0.15, 0.2) is 0 Å². The van der Waals surface area contributed by atoms with Crippen LogP contribution >= 0.6 is 0 Å². The Balaban J connectivity index is 1.66. The number of nitrogens with zero attached hydrogens (tertiary/aromatic N) is 2. The zero-order valence-corrected chi connectivity index (χ0v) is 17.7. The summed E-state index contributed by atoms with van der Waals surface area (Å²) in [5, 5.41) is 0. The van der Waals surface area contributed by atoms with Crippen LogP contribution in [0.5, 0.6) is 5.75 Å². The number of benzene rings is 1. The molecule has 29 heavy (non-hydrogen) atoms. The second kappa shape index (κ2) is 8.34. The Morgan fingerprint density at radius 3 is 2.69 bits per heavy atom. The molecule has 6 heteroatoms. The van der Waals surface area contributed by atoms with E-state index in [0.717, 1.165) is 25.7 Å². The lowest BCUT2D eigenvalue weighted by Gasteiger charge is -2.40. The summed E-state index contributed by atoms with van der Waals surface area (Å²) in [5.74, 6) is 0.968. The number of morpholine rings is 1. The van der Waals surface area contributed by atoms with E-state index in [9.17, 15) is 9.59 Å². The van der Waals surface area contributed by atoms with E-state index in [-0.39, 0.29) is 30.0 Å². The highest BCUT2D eigenvalue weighted by atomic mass is 16.5. The molecule has 1 aromatic rings. The van der Waals surface area contributed by atoms with Crippen LogP contribution in [0.2, 0.25) is 0 Å². The van der Waals surface area contributed by atoms with Gasteiger partial charge in [0.1, 0.15) is 11.8 Å². The monoisotopic (exact) mass is 400 g/mol. The molecule has 0 bridgehead atoms. The quantitative estimate of drug-likeness (QED) is 0.782. The fourth-order valence-corrected chi connectivity index (χ4v) is 5.33. The van der Waals surface area contributed by atoms with Gasteiger partial charge in [-0.3, -0.25) is 9.59 Å². The van der Waals surface area contributed by atoms with Crippen molar-refractivity contribution >= 4 is 11.8 Å². The van der Waals surface area contributed by atoms with E-state index in [2.05, 4.69) is 0 Å². The lowest BCUT2D eigenvalue weighted by molar-refractivity contribution is -0.147. The number of likely N-dealkylation sites (tertiary alicyclic amines) is 1. The molecule has 3 fully saturated rings. The van der Waals surface area contributed by atoms with Crippen molar-refractivity contribution in [3.8, 4) is 5.75 Å². The first kappa shape index (κ1) is 20.2. The standard InChI is InChI=1S/C23H32N2O4/c1-15-14-29-16(2)13-24(15)23(27)20-12-17-8-4-6-10-19(17)25(20)22(26)18-9-5-7-11-21(18)28-3/h5,7,9,11,15-17,19-20H,4,6,8,10,12-14H2,1-3H3. The molecule has 0 N–H and O–H groups in total. The molecule has 0 radical (unpaired) electrons. The van der Waals surface area contributed by atoms with Gasteiger partial charge < -0.3 is 19.3 Å². The third kappa shape index (κ3) is 3.75. The molecular weight excluding hydrogens is 368 g/mol. The zero-order chi connectivity index (χ0) is 20.5. The molecule has 5 atom stereocenters. The Morgan fingerprint density at radius 1 is 1.14 bits per heavy atom. The number of ether oxygens (including phenoxy) is 2. The van der Waals surface area contributed by atoms with Gasteiger partial charge in [-0.05, 0) is 51.2 Å². The zero-order valence-electron chi connectivity index (χ0n) is 17.7. The van der Waals surface area contributed by atoms with Gasteiger partial charge >= 0.3 is 0 Å². The van der Waals surface area contributed by atoms with Crippen LogP contribution in [0.3, 0.4) is 0 Å². The van der Waals surface area contributed by atoms with Crippen molar-refractivity contribution in [2.24, 2.45) is 5.92 Å². The molecule has 1 saturated carbocycles. The van der Waals surface area contributed by atoms with Crippen LogP contribution in [0.15, 0.2) is 24.3 Å². The Morgan fingerprint density at radius 2 is 1.90 bits per heavy atom. The minimum Gasteiger partial charge on any atom is -0.496 e. The third-order valence-corrected chi connectivity index (χ3v) is 6.84. The van der Waals surface area contributed by atoms with Gasteiger partial charge in [0.05, 0.1) is 31.4 Å². The lowest BCUT2D eigenvalue weighted by atomic mass is 9.84. The molecule has 2 aliphatic heterocycles. The lowest BCUT2D eigenvalue weighted by Crippen LogP contribution is -2.57. The van der Waals surface area contributed by atoms with Crippen LogP contribution < -0.4 is 4.74 Å². The number of para-hydroxylation sites is 1. The van der Waals surface area contributed by atoms with Crippen molar-refractivity contribution in [1.82, 2.24) is 9.80 Å². The molecular formula is C23H32N2O4. The smallest absolute Gasteiger partial charge is 0.258 e. The molecule has 4 rings (SSSR count). The van der Waals surface area contributed by atoms with Crippen LogP contribution in [-0.2, 0) is 9.53 Å². The highest BCUT2D eigenvalue weighted by molar-refractivity contribution is 6.00. The molecule has 1 aromatic carbocycles. The summed E-state index contributed by atoms with van der Waals surface area (Å²) < 4.78 is 11.2. The van der Waals surface area contributed by atoms with Crippen molar-refractivity contribution in [2.45, 2.75) is 70.2 Å². The Bertz CT molecular complexity index is 767. The van der Waals surface area contributed by atoms with Crippen LogP contribution in [0.25, 0.3) is 0 Å². The Kier molecular flexibility index (Phi) is 5.81. The SMILES string of the molecule is COc1ccccc1C(=O)N1C(C(=O)N2CC(C)OCC2C)CC2CCCCC21. The maximum Gasteiger partial charge on any atom is 0.258 e. The van der Waals surface area contributed by atoms with Crippen molar-refractivity contribution in [3.63, 3.8) is 0 Å². The maximum absolute atomic E-state index is 13.7. The van der Waals surface area contributed by atoms with Gasteiger partial charge in [-0.1, -0.05) is 25.0 Å². The van der Waals surface area contributed by atoms with Crippen LogP contribution in [-0.4, -0.2) is 66.1 Å². The normalized spacial score (nSPS) is 32.0. The number of rotatable bonds is 3.